The molecule has 0 aliphatic carbocycles. The van der Waals surface area contributed by atoms with Crippen molar-refractivity contribution in [3.05, 3.63) is 90.5 Å². The van der Waals surface area contributed by atoms with E-state index >= 15 is 0 Å². The van der Waals surface area contributed by atoms with Crippen LogP contribution in [0.25, 0.3) is 0 Å². The quantitative estimate of drug-likeness (QED) is 0.260. The molecule has 2 aromatic rings. The summed E-state index contributed by atoms with van der Waals surface area (Å²) in [6.07, 6.45) is 3.76. The SMILES string of the molecule is C=CCN(CCC)C(=O)[C@H]1[C@H]2C(=O)N([C@H](CO)c3ccccc3)C(C(=O)N(CC=C)c3ccccc3Cl)C23CC(Br)[C@@H]1O3. The Morgan fingerprint density at radius 2 is 1.81 bits per heavy atom. The number of amides is 3. The second kappa shape index (κ2) is 12.9. The number of hydrogen-bond acceptors (Lipinski definition) is 5. The van der Waals surface area contributed by atoms with Gasteiger partial charge in [-0.15, -0.1) is 13.2 Å². The average molecular weight is 671 g/mol. The molecular formula is C33H37BrClN3O5. The van der Waals surface area contributed by atoms with E-state index < -0.39 is 48.1 Å². The van der Waals surface area contributed by atoms with Crippen LogP contribution in [0.5, 0.6) is 0 Å². The van der Waals surface area contributed by atoms with Gasteiger partial charge in [0.25, 0.3) is 5.91 Å². The van der Waals surface area contributed by atoms with E-state index in [0.717, 1.165) is 6.42 Å². The van der Waals surface area contributed by atoms with Gasteiger partial charge in [0, 0.05) is 24.5 Å². The molecule has 1 N–H and O–H groups in total. The lowest BCUT2D eigenvalue weighted by Crippen LogP contribution is -2.58. The molecule has 3 unspecified atom stereocenters. The Bertz CT molecular complexity index is 1390. The maximum atomic E-state index is 14.9. The number of benzene rings is 2. The minimum Gasteiger partial charge on any atom is -0.394 e. The number of carbonyl (C=O) groups is 3. The van der Waals surface area contributed by atoms with E-state index in [1.165, 1.54) is 9.80 Å². The number of carbonyl (C=O) groups excluding carboxylic acids is 3. The van der Waals surface area contributed by atoms with Gasteiger partial charge in [0.1, 0.15) is 11.6 Å². The van der Waals surface area contributed by atoms with Gasteiger partial charge >= 0.3 is 0 Å². The first-order valence-electron chi connectivity index (χ1n) is 14.6. The number of fused-ring (bicyclic) bond motifs is 1. The summed E-state index contributed by atoms with van der Waals surface area (Å²) in [5, 5.41) is 11.1. The summed E-state index contributed by atoms with van der Waals surface area (Å²) < 4.78 is 6.73. The lowest BCUT2D eigenvalue weighted by molar-refractivity contribution is -0.147. The van der Waals surface area contributed by atoms with Crippen molar-refractivity contribution in [1.82, 2.24) is 9.80 Å². The number of aliphatic hydroxyl groups is 1. The fraction of sp³-hybridized carbons (Fsp3) is 0.424. The maximum absolute atomic E-state index is 14.9. The summed E-state index contributed by atoms with van der Waals surface area (Å²) in [5.41, 5.74) is -0.160. The molecule has 3 amide bonds. The number of rotatable bonds is 12. The molecule has 2 bridgehead atoms. The second-order valence-electron chi connectivity index (χ2n) is 11.3. The number of hydrogen-bond donors (Lipinski definition) is 1. The molecule has 3 heterocycles. The molecule has 3 fully saturated rings. The molecule has 8 nitrogen and oxygen atoms in total. The lowest BCUT2D eigenvalue weighted by Gasteiger charge is -2.39. The van der Waals surface area contributed by atoms with Gasteiger partial charge in [0.15, 0.2) is 0 Å². The summed E-state index contributed by atoms with van der Waals surface area (Å²) in [5.74, 6) is -2.71. The Labute approximate surface area is 266 Å². The molecule has 1 spiro atoms. The number of ether oxygens (including phenoxy) is 1. The first kappa shape index (κ1) is 31.4. The van der Waals surface area contributed by atoms with E-state index in [2.05, 4.69) is 29.1 Å². The molecule has 10 heteroatoms. The monoisotopic (exact) mass is 669 g/mol. The topological polar surface area (TPSA) is 90.4 Å². The molecule has 0 radical (unpaired) electrons. The number of para-hydroxylation sites is 1. The van der Waals surface area contributed by atoms with Gasteiger partial charge in [-0.05, 0) is 30.5 Å². The summed E-state index contributed by atoms with van der Waals surface area (Å²) in [6, 6.07) is 14.1. The van der Waals surface area contributed by atoms with E-state index in [4.69, 9.17) is 16.3 Å². The zero-order chi connectivity index (χ0) is 30.9. The number of halogens is 2. The van der Waals surface area contributed by atoms with Gasteiger partial charge in [-0.2, -0.15) is 0 Å². The molecule has 228 valence electrons. The summed E-state index contributed by atoms with van der Waals surface area (Å²) in [6.45, 7) is 10.2. The van der Waals surface area contributed by atoms with Crippen LogP contribution < -0.4 is 4.90 Å². The van der Waals surface area contributed by atoms with Crippen LogP contribution in [-0.2, 0) is 19.1 Å². The van der Waals surface area contributed by atoms with Crippen LogP contribution in [0.2, 0.25) is 5.02 Å². The van der Waals surface area contributed by atoms with Crippen molar-refractivity contribution >= 4 is 50.9 Å². The summed E-state index contributed by atoms with van der Waals surface area (Å²) in [4.78, 5) is 48.2. The predicted molar refractivity (Wildman–Crippen MR) is 170 cm³/mol. The third kappa shape index (κ3) is 5.24. The number of alkyl halides is 1. The highest BCUT2D eigenvalue weighted by Crippen LogP contribution is 2.61. The highest BCUT2D eigenvalue weighted by Gasteiger charge is 2.77. The normalized spacial score (nSPS) is 28.0. The molecule has 0 saturated carbocycles. The molecule has 3 saturated heterocycles. The Hall–Kier alpha value is -2.98. The number of nitrogens with zero attached hydrogens (tertiary/aromatic N) is 3. The maximum Gasteiger partial charge on any atom is 0.253 e. The molecule has 0 aromatic heterocycles. The van der Waals surface area contributed by atoms with Crippen LogP contribution in [0.1, 0.15) is 31.4 Å². The molecule has 43 heavy (non-hydrogen) atoms. The molecule has 7 atom stereocenters. The molecule has 2 aromatic carbocycles. The predicted octanol–water partition coefficient (Wildman–Crippen LogP) is 4.77. The van der Waals surface area contributed by atoms with Crippen molar-refractivity contribution in [2.75, 3.05) is 31.1 Å². The smallest absolute Gasteiger partial charge is 0.253 e. The molecular weight excluding hydrogens is 634 g/mol. The number of anilines is 1. The van der Waals surface area contributed by atoms with E-state index in [1.54, 1.807) is 41.3 Å². The van der Waals surface area contributed by atoms with Crippen LogP contribution in [0.15, 0.2) is 79.9 Å². The van der Waals surface area contributed by atoms with Gasteiger partial charge in [-0.25, -0.2) is 0 Å². The first-order valence-corrected chi connectivity index (χ1v) is 15.9. The van der Waals surface area contributed by atoms with Crippen molar-refractivity contribution in [1.29, 1.82) is 0 Å². The van der Waals surface area contributed by atoms with Gasteiger partial charge in [0.2, 0.25) is 11.8 Å². The third-order valence-electron chi connectivity index (χ3n) is 8.81. The van der Waals surface area contributed by atoms with Crippen LogP contribution >= 0.6 is 27.5 Å². The van der Waals surface area contributed by atoms with Crippen molar-refractivity contribution in [2.24, 2.45) is 11.8 Å². The fourth-order valence-electron chi connectivity index (χ4n) is 7.18. The van der Waals surface area contributed by atoms with E-state index in [-0.39, 0.29) is 23.2 Å². The van der Waals surface area contributed by atoms with Gasteiger partial charge in [-0.3, -0.25) is 14.4 Å². The molecule has 5 rings (SSSR count). The zero-order valence-electron chi connectivity index (χ0n) is 24.1. The van der Waals surface area contributed by atoms with Crippen molar-refractivity contribution in [3.8, 4) is 0 Å². The molecule has 3 aliphatic heterocycles. The number of aliphatic hydroxyl groups excluding tert-OH is 1. The highest BCUT2D eigenvalue weighted by atomic mass is 79.9. The van der Waals surface area contributed by atoms with Crippen LogP contribution in [-0.4, -0.2) is 81.4 Å². The van der Waals surface area contributed by atoms with Gasteiger partial charge in [0.05, 0.1) is 41.3 Å². The van der Waals surface area contributed by atoms with Crippen molar-refractivity contribution in [2.45, 2.75) is 48.4 Å². The van der Waals surface area contributed by atoms with Gasteiger partial charge < -0.3 is 24.5 Å². The fourth-order valence-corrected chi connectivity index (χ4v) is 8.36. The second-order valence-corrected chi connectivity index (χ2v) is 12.9. The average Bonchev–Trinajstić information content (AvgIpc) is 3.60. The first-order chi connectivity index (χ1) is 20.7. The summed E-state index contributed by atoms with van der Waals surface area (Å²) in [7, 11) is 0. The van der Waals surface area contributed by atoms with Gasteiger partial charge in [-0.1, -0.05) is 89.1 Å². The third-order valence-corrected chi connectivity index (χ3v) is 9.98. The van der Waals surface area contributed by atoms with E-state index in [0.29, 0.717) is 35.8 Å². The molecule has 3 aliphatic rings. The highest BCUT2D eigenvalue weighted by molar-refractivity contribution is 9.09. The minimum atomic E-state index is -1.30. The van der Waals surface area contributed by atoms with Crippen LogP contribution in [0, 0.1) is 11.8 Å². The minimum absolute atomic E-state index is 0.129. The van der Waals surface area contributed by atoms with Crippen molar-refractivity contribution in [3.63, 3.8) is 0 Å². The van der Waals surface area contributed by atoms with Crippen LogP contribution in [0.3, 0.4) is 0 Å². The Morgan fingerprint density at radius 1 is 1.14 bits per heavy atom. The Kier molecular flexibility index (Phi) is 9.46. The van der Waals surface area contributed by atoms with Crippen LogP contribution in [0.4, 0.5) is 5.69 Å². The standard InChI is InChI=1S/C33H37BrClN3O5/c1-4-16-36(17-5-2)30(40)26-27-31(41)38(25(20-39)21-12-8-7-9-13-21)29(33(27)19-22(34)28(26)43-33)32(42)37(18-6-3)24-15-11-10-14-23(24)35/h4,6-15,22,25-29,39H,1,3,5,16-20H2,2H3/t22?,25-,26+,27+,28+,29?,33?/m1/s1. The summed E-state index contributed by atoms with van der Waals surface area (Å²) >= 11 is 10.3. The zero-order valence-corrected chi connectivity index (χ0v) is 26.5. The van der Waals surface area contributed by atoms with Crippen molar-refractivity contribution < 1.29 is 24.2 Å². The van der Waals surface area contributed by atoms with E-state index in [1.807, 2.05) is 37.3 Å². The Balaban J connectivity index is 1.67. The number of likely N-dealkylation sites (tertiary alicyclic amines) is 1. The van der Waals surface area contributed by atoms with E-state index in [9.17, 15) is 19.5 Å². The Morgan fingerprint density at radius 3 is 2.44 bits per heavy atom. The largest absolute Gasteiger partial charge is 0.394 e. The lowest BCUT2D eigenvalue weighted by atomic mass is 9.70.